The summed E-state index contributed by atoms with van der Waals surface area (Å²) in [5, 5.41) is 2.08. The molecule has 0 aromatic heterocycles. The third-order valence-electron chi connectivity index (χ3n) is 4.91. The Morgan fingerprint density at radius 3 is 2.15 bits per heavy atom. The molecule has 1 amide bonds. The van der Waals surface area contributed by atoms with Crippen LogP contribution in [0, 0.1) is 13.8 Å². The summed E-state index contributed by atoms with van der Waals surface area (Å²) >= 11 is 5.70. The number of carbonyl (C=O) groups excluding carboxylic acids is 1. The molecule has 3 aromatic rings. The van der Waals surface area contributed by atoms with E-state index in [1.165, 1.54) is 24.3 Å². The van der Waals surface area contributed by atoms with E-state index in [9.17, 15) is 26.4 Å². The molecule has 174 valence electrons. The highest BCUT2D eigenvalue weighted by molar-refractivity contribution is 7.92. The van der Waals surface area contributed by atoms with Crippen LogP contribution in [0.5, 0.6) is 0 Å². The standard InChI is InChI=1S/C23H20ClF3N2O3S/c1-15-7-6-8-16(2)22(15)28-21(30)14-29(33(31,32)18-9-4-3-5-10-18)17-11-12-20(24)19(13-17)23(25,26)27/h3-13H,14H2,1-2H3,(H,28,30). The zero-order chi connectivity index (χ0) is 24.4. The molecule has 1 N–H and O–H groups in total. The number of rotatable bonds is 6. The first kappa shape index (κ1) is 24.6. The maximum Gasteiger partial charge on any atom is 0.417 e. The molecule has 0 radical (unpaired) electrons. The van der Waals surface area contributed by atoms with E-state index in [4.69, 9.17) is 11.6 Å². The summed E-state index contributed by atoms with van der Waals surface area (Å²) in [6.45, 7) is 2.80. The van der Waals surface area contributed by atoms with E-state index in [0.29, 0.717) is 16.1 Å². The van der Waals surface area contributed by atoms with Crippen LogP contribution in [0.4, 0.5) is 24.5 Å². The Balaban J connectivity index is 2.06. The number of para-hydroxylation sites is 1. The molecule has 0 saturated carbocycles. The third-order valence-corrected chi connectivity index (χ3v) is 7.02. The first-order chi connectivity index (χ1) is 15.4. The van der Waals surface area contributed by atoms with E-state index in [1.54, 1.807) is 38.1 Å². The van der Waals surface area contributed by atoms with Gasteiger partial charge >= 0.3 is 6.18 Å². The number of hydrogen-bond donors (Lipinski definition) is 1. The van der Waals surface area contributed by atoms with Crippen molar-refractivity contribution in [2.75, 3.05) is 16.2 Å². The summed E-state index contributed by atoms with van der Waals surface area (Å²) in [4.78, 5) is 12.7. The lowest BCUT2D eigenvalue weighted by Crippen LogP contribution is -2.38. The van der Waals surface area contributed by atoms with Gasteiger partial charge in [0.05, 0.1) is 21.2 Å². The van der Waals surface area contributed by atoms with Crippen molar-refractivity contribution in [2.24, 2.45) is 0 Å². The maximum atomic E-state index is 13.4. The first-order valence-corrected chi connectivity index (χ1v) is 11.5. The SMILES string of the molecule is Cc1cccc(C)c1NC(=O)CN(c1ccc(Cl)c(C(F)(F)F)c1)S(=O)(=O)c1ccccc1. The highest BCUT2D eigenvalue weighted by atomic mass is 35.5. The summed E-state index contributed by atoms with van der Waals surface area (Å²) in [6, 6.07) is 15.2. The predicted molar refractivity (Wildman–Crippen MR) is 122 cm³/mol. The average Bonchev–Trinajstić information content (AvgIpc) is 2.75. The van der Waals surface area contributed by atoms with Crippen molar-refractivity contribution in [1.82, 2.24) is 0 Å². The second kappa shape index (κ2) is 9.44. The average molecular weight is 497 g/mol. The molecule has 0 heterocycles. The Hall–Kier alpha value is -3.04. The zero-order valence-corrected chi connectivity index (χ0v) is 19.2. The fourth-order valence-corrected chi connectivity index (χ4v) is 4.90. The normalized spacial score (nSPS) is 11.8. The Kier molecular flexibility index (Phi) is 7.04. The highest BCUT2D eigenvalue weighted by Crippen LogP contribution is 2.38. The summed E-state index contributed by atoms with van der Waals surface area (Å²) in [6.07, 6.45) is -4.81. The van der Waals surface area contributed by atoms with Crippen molar-refractivity contribution < 1.29 is 26.4 Å². The van der Waals surface area contributed by atoms with Crippen LogP contribution in [0.25, 0.3) is 0 Å². The summed E-state index contributed by atoms with van der Waals surface area (Å²) in [5.74, 6) is -0.713. The molecule has 0 aliphatic heterocycles. The van der Waals surface area contributed by atoms with E-state index in [0.717, 1.165) is 23.3 Å². The Morgan fingerprint density at radius 1 is 0.970 bits per heavy atom. The van der Waals surface area contributed by atoms with E-state index in [2.05, 4.69) is 5.32 Å². The number of nitrogens with zero attached hydrogens (tertiary/aromatic N) is 1. The van der Waals surface area contributed by atoms with Gasteiger partial charge in [-0.25, -0.2) is 8.42 Å². The molecule has 3 rings (SSSR count). The summed E-state index contributed by atoms with van der Waals surface area (Å²) in [5.41, 5.74) is 0.474. The van der Waals surface area contributed by atoms with Crippen LogP contribution in [0.2, 0.25) is 5.02 Å². The lowest BCUT2D eigenvalue weighted by atomic mass is 10.1. The number of nitrogens with one attached hydrogen (secondary N) is 1. The lowest BCUT2D eigenvalue weighted by molar-refractivity contribution is -0.137. The molecule has 0 unspecified atom stereocenters. The van der Waals surface area contributed by atoms with Crippen LogP contribution in [-0.2, 0) is 21.0 Å². The minimum Gasteiger partial charge on any atom is -0.324 e. The minimum absolute atomic E-state index is 0.173. The second-order valence-corrected chi connectivity index (χ2v) is 9.57. The molecule has 0 aliphatic rings. The molecule has 0 spiro atoms. The van der Waals surface area contributed by atoms with Crippen molar-refractivity contribution in [2.45, 2.75) is 24.9 Å². The topological polar surface area (TPSA) is 66.5 Å². The van der Waals surface area contributed by atoms with Crippen molar-refractivity contribution in [3.63, 3.8) is 0 Å². The Labute approximate surface area is 194 Å². The second-order valence-electron chi connectivity index (χ2n) is 7.30. The Morgan fingerprint density at radius 2 is 1.58 bits per heavy atom. The van der Waals surface area contributed by atoms with Gasteiger partial charge in [-0.05, 0) is 55.3 Å². The molecule has 33 heavy (non-hydrogen) atoms. The van der Waals surface area contributed by atoms with Gasteiger partial charge in [0.2, 0.25) is 5.91 Å². The van der Waals surface area contributed by atoms with Crippen LogP contribution in [0.3, 0.4) is 0 Å². The van der Waals surface area contributed by atoms with E-state index in [1.807, 2.05) is 0 Å². The van der Waals surface area contributed by atoms with Gasteiger partial charge in [0.15, 0.2) is 0 Å². The van der Waals surface area contributed by atoms with Gasteiger partial charge in [0.1, 0.15) is 6.54 Å². The molecule has 5 nitrogen and oxygen atoms in total. The fourth-order valence-electron chi connectivity index (χ4n) is 3.24. The molecular weight excluding hydrogens is 477 g/mol. The maximum absolute atomic E-state index is 13.4. The summed E-state index contributed by atoms with van der Waals surface area (Å²) in [7, 11) is -4.37. The molecule has 0 bridgehead atoms. The van der Waals surface area contributed by atoms with Crippen molar-refractivity contribution in [3.8, 4) is 0 Å². The number of amides is 1. The number of aryl methyl sites for hydroxylation is 2. The fraction of sp³-hybridized carbons (Fsp3) is 0.174. The zero-order valence-electron chi connectivity index (χ0n) is 17.7. The number of alkyl halides is 3. The van der Waals surface area contributed by atoms with Gasteiger partial charge in [-0.3, -0.25) is 9.10 Å². The number of benzene rings is 3. The van der Waals surface area contributed by atoms with Crippen LogP contribution < -0.4 is 9.62 Å². The largest absolute Gasteiger partial charge is 0.417 e. The lowest BCUT2D eigenvalue weighted by Gasteiger charge is -2.25. The van der Waals surface area contributed by atoms with Gasteiger partial charge in [-0.1, -0.05) is 48.0 Å². The molecule has 0 fully saturated rings. The number of halogens is 4. The van der Waals surface area contributed by atoms with Crippen LogP contribution >= 0.6 is 11.6 Å². The molecule has 0 saturated heterocycles. The number of hydrogen-bond acceptors (Lipinski definition) is 3. The third kappa shape index (κ3) is 5.48. The Bertz CT molecular complexity index is 1260. The van der Waals surface area contributed by atoms with Crippen LogP contribution in [0.15, 0.2) is 71.6 Å². The van der Waals surface area contributed by atoms with Crippen LogP contribution in [-0.4, -0.2) is 20.9 Å². The van der Waals surface area contributed by atoms with E-state index < -0.39 is 39.2 Å². The monoisotopic (exact) mass is 496 g/mol. The minimum atomic E-state index is -4.81. The van der Waals surface area contributed by atoms with Gasteiger partial charge in [0.25, 0.3) is 10.0 Å². The quantitative estimate of drug-likeness (QED) is 0.468. The van der Waals surface area contributed by atoms with Crippen molar-refractivity contribution in [3.05, 3.63) is 88.4 Å². The molecule has 10 heteroatoms. The summed E-state index contributed by atoms with van der Waals surface area (Å²) < 4.78 is 67.6. The molecule has 0 atom stereocenters. The number of sulfonamides is 1. The van der Waals surface area contributed by atoms with E-state index >= 15 is 0 Å². The number of anilines is 2. The molecular formula is C23H20ClF3N2O3S. The highest BCUT2D eigenvalue weighted by Gasteiger charge is 2.35. The van der Waals surface area contributed by atoms with Gasteiger partial charge in [-0.15, -0.1) is 0 Å². The van der Waals surface area contributed by atoms with Crippen molar-refractivity contribution in [1.29, 1.82) is 0 Å². The first-order valence-electron chi connectivity index (χ1n) is 9.72. The molecule has 3 aromatic carbocycles. The molecule has 0 aliphatic carbocycles. The predicted octanol–water partition coefficient (Wildman–Crippen LogP) is 5.81. The van der Waals surface area contributed by atoms with Gasteiger partial charge < -0.3 is 5.32 Å². The van der Waals surface area contributed by atoms with Crippen LogP contribution in [0.1, 0.15) is 16.7 Å². The van der Waals surface area contributed by atoms with Gasteiger partial charge in [-0.2, -0.15) is 13.2 Å². The van der Waals surface area contributed by atoms with Gasteiger partial charge in [0, 0.05) is 5.69 Å². The number of carbonyl (C=O) groups is 1. The van der Waals surface area contributed by atoms with E-state index in [-0.39, 0.29) is 10.6 Å². The smallest absolute Gasteiger partial charge is 0.324 e. The van der Waals surface area contributed by atoms with Crippen molar-refractivity contribution >= 4 is 38.9 Å².